The normalized spacial score (nSPS) is 28.6. The lowest BCUT2D eigenvalue weighted by Crippen LogP contribution is -3.00. The highest BCUT2D eigenvalue weighted by Gasteiger charge is 2.41. The van der Waals surface area contributed by atoms with E-state index in [1.54, 1.807) is 0 Å². The quantitative estimate of drug-likeness (QED) is 0.415. The molecule has 0 radical (unpaired) electrons. The van der Waals surface area contributed by atoms with Gasteiger partial charge in [0.05, 0.1) is 12.2 Å². The molecule has 1 heterocycles. The van der Waals surface area contributed by atoms with Crippen LogP contribution in [0, 0.1) is 0 Å². The van der Waals surface area contributed by atoms with Gasteiger partial charge in [-0.15, -0.1) is 0 Å². The first-order chi connectivity index (χ1) is 4.53. The summed E-state index contributed by atoms with van der Waals surface area (Å²) in [6, 6.07) is 0. The summed E-state index contributed by atoms with van der Waals surface area (Å²) >= 11 is 0. The lowest BCUT2D eigenvalue weighted by molar-refractivity contribution is -0.472. The highest BCUT2D eigenvalue weighted by atomic mass is 35.5. The lowest BCUT2D eigenvalue weighted by Gasteiger charge is -2.11. The first-order valence-electron chi connectivity index (χ1n) is 3.82. The fraction of sp³-hybridized carbons (Fsp3) is 1.00. The zero-order valence-corrected chi connectivity index (χ0v) is 7.90. The Bertz CT molecular complexity index is 130. The van der Waals surface area contributed by atoms with Crippen molar-refractivity contribution in [2.24, 2.45) is 5.73 Å². The van der Waals surface area contributed by atoms with Crippen LogP contribution < -0.4 is 23.9 Å². The maximum Gasteiger partial charge on any atom is 1.00 e. The largest absolute Gasteiger partial charge is 1.00 e. The molecule has 3 atom stereocenters. The van der Waals surface area contributed by atoms with Crippen LogP contribution in [-0.2, 0) is 4.74 Å². The minimum atomic E-state index is -0.311. The number of hydrogen-bond acceptors (Lipinski definition) is 2. The highest BCUT2D eigenvalue weighted by molar-refractivity contribution is 4.87. The van der Waals surface area contributed by atoms with Gasteiger partial charge in [0.2, 0.25) is 0 Å². The van der Waals surface area contributed by atoms with Gasteiger partial charge in [-0.2, -0.15) is 0 Å². The minimum Gasteiger partial charge on any atom is -1.00 e. The summed E-state index contributed by atoms with van der Waals surface area (Å²) in [4.78, 5) is 0. The second-order valence-electron chi connectivity index (χ2n) is 3.48. The second kappa shape index (κ2) is 6.60. The Kier molecular flexibility index (Phi) is 9.57. The summed E-state index contributed by atoms with van der Waals surface area (Å²) in [5, 5.41) is 0. The SMILES string of the molecule is C.C.CCC1O[C@@H]1CC(C)(N)[NH3+].[Cl-].[H+]. The molecule has 3 nitrogen and oxygen atoms in total. The molecule has 5 N–H and O–H groups in total. The zero-order valence-electron chi connectivity index (χ0n) is 8.14. The number of hydrogen-bond donors (Lipinski definition) is 2. The van der Waals surface area contributed by atoms with E-state index in [1.165, 1.54) is 0 Å². The van der Waals surface area contributed by atoms with Crippen molar-refractivity contribution in [1.82, 2.24) is 0 Å². The number of nitrogens with two attached hydrogens (primary N) is 1. The van der Waals surface area contributed by atoms with Crippen molar-refractivity contribution in [2.75, 3.05) is 0 Å². The maximum atomic E-state index is 5.70. The Morgan fingerprint density at radius 3 is 2.15 bits per heavy atom. The van der Waals surface area contributed by atoms with Crippen LogP contribution in [0.4, 0.5) is 0 Å². The van der Waals surface area contributed by atoms with Gasteiger partial charge in [0.25, 0.3) is 0 Å². The number of quaternary nitrogens is 1. The molecule has 0 aromatic rings. The van der Waals surface area contributed by atoms with E-state index >= 15 is 0 Å². The van der Waals surface area contributed by atoms with Crippen molar-refractivity contribution in [3.8, 4) is 0 Å². The van der Waals surface area contributed by atoms with Gasteiger partial charge < -0.3 is 22.9 Å². The summed E-state index contributed by atoms with van der Waals surface area (Å²) in [6.07, 6.45) is 2.83. The van der Waals surface area contributed by atoms with Gasteiger partial charge in [-0.1, -0.05) is 21.8 Å². The molecule has 0 bridgehead atoms. The molecule has 4 heteroatoms. The van der Waals surface area contributed by atoms with Crippen LogP contribution in [0.15, 0.2) is 0 Å². The van der Waals surface area contributed by atoms with Gasteiger partial charge in [0.1, 0.15) is 5.66 Å². The summed E-state index contributed by atoms with van der Waals surface area (Å²) < 4.78 is 5.32. The van der Waals surface area contributed by atoms with E-state index in [1.807, 2.05) is 6.92 Å². The van der Waals surface area contributed by atoms with Crippen LogP contribution in [0.3, 0.4) is 0 Å². The van der Waals surface area contributed by atoms with Crippen LogP contribution >= 0.6 is 0 Å². The Labute approximate surface area is 90.1 Å². The summed E-state index contributed by atoms with van der Waals surface area (Å²) in [7, 11) is 0. The van der Waals surface area contributed by atoms with E-state index in [0.717, 1.165) is 12.8 Å². The average Bonchev–Trinajstić information content (AvgIpc) is 2.42. The molecule has 1 aliphatic rings. The Morgan fingerprint density at radius 1 is 1.46 bits per heavy atom. The molecule has 0 saturated carbocycles. The van der Waals surface area contributed by atoms with Gasteiger partial charge in [-0.3, -0.25) is 5.73 Å². The van der Waals surface area contributed by atoms with E-state index < -0.39 is 0 Å². The minimum absolute atomic E-state index is 0. The zero-order chi connectivity index (χ0) is 7.78. The standard InChI is InChI=1S/C7H16N2O.2CH4.ClH/c1-3-5-6(10-5)4-7(2,8)9;;;/h5-6H,3-4,8-9H2,1-2H3;2*1H4;1H/p+1/t5?,6-;;;/m1.../s1. The molecule has 0 aliphatic carbocycles. The van der Waals surface area contributed by atoms with Crippen molar-refractivity contribution in [2.45, 2.75) is 59.4 Å². The van der Waals surface area contributed by atoms with E-state index in [4.69, 9.17) is 10.5 Å². The van der Waals surface area contributed by atoms with Gasteiger partial charge in [0.15, 0.2) is 0 Å². The Hall–Kier alpha value is 0.170. The number of epoxide rings is 1. The first kappa shape index (κ1) is 18.9. The smallest absolute Gasteiger partial charge is 1.00 e. The molecule has 13 heavy (non-hydrogen) atoms. The van der Waals surface area contributed by atoms with E-state index in [0.29, 0.717) is 12.2 Å². The molecular formula is C9H26ClN2O+. The predicted molar refractivity (Wildman–Crippen MR) is 53.6 cm³/mol. The van der Waals surface area contributed by atoms with E-state index in [-0.39, 0.29) is 34.3 Å². The lowest BCUT2D eigenvalue weighted by atomic mass is 10.1. The molecule has 1 rings (SSSR count). The number of ether oxygens (including phenoxy) is 1. The first-order valence-corrected chi connectivity index (χ1v) is 3.82. The van der Waals surface area contributed by atoms with Gasteiger partial charge >= 0.3 is 1.43 Å². The number of halogens is 1. The Morgan fingerprint density at radius 2 is 1.92 bits per heavy atom. The summed E-state index contributed by atoms with van der Waals surface area (Å²) in [6.45, 7) is 4.06. The average molecular weight is 214 g/mol. The molecule has 84 valence electrons. The molecular weight excluding hydrogens is 188 g/mol. The topological polar surface area (TPSA) is 66.2 Å². The van der Waals surface area contributed by atoms with Gasteiger partial charge in [0, 0.05) is 13.3 Å². The molecule has 0 spiro atoms. The third-order valence-corrected chi connectivity index (χ3v) is 1.76. The highest BCUT2D eigenvalue weighted by Crippen LogP contribution is 2.29. The van der Waals surface area contributed by atoms with Crippen molar-refractivity contribution < 1.29 is 24.3 Å². The monoisotopic (exact) mass is 213 g/mol. The van der Waals surface area contributed by atoms with Crippen molar-refractivity contribution in [1.29, 1.82) is 0 Å². The van der Waals surface area contributed by atoms with Crippen molar-refractivity contribution in [3.63, 3.8) is 0 Å². The van der Waals surface area contributed by atoms with Crippen LogP contribution in [0.2, 0.25) is 0 Å². The van der Waals surface area contributed by atoms with Gasteiger partial charge in [-0.25, -0.2) is 0 Å². The molecule has 1 fully saturated rings. The maximum absolute atomic E-state index is 5.70. The third kappa shape index (κ3) is 7.26. The van der Waals surface area contributed by atoms with Crippen LogP contribution in [-0.4, -0.2) is 17.9 Å². The summed E-state index contributed by atoms with van der Waals surface area (Å²) in [5.41, 5.74) is 9.21. The molecule has 1 saturated heterocycles. The van der Waals surface area contributed by atoms with Crippen LogP contribution in [0.5, 0.6) is 0 Å². The van der Waals surface area contributed by atoms with Crippen molar-refractivity contribution in [3.05, 3.63) is 0 Å². The fourth-order valence-electron chi connectivity index (χ4n) is 1.18. The van der Waals surface area contributed by atoms with Gasteiger partial charge in [-0.05, 0) is 6.42 Å². The van der Waals surface area contributed by atoms with Crippen LogP contribution in [0.25, 0.3) is 0 Å². The molecule has 0 aromatic carbocycles. The fourth-order valence-corrected chi connectivity index (χ4v) is 1.18. The van der Waals surface area contributed by atoms with Crippen molar-refractivity contribution >= 4 is 0 Å². The molecule has 0 aromatic heterocycles. The second-order valence-corrected chi connectivity index (χ2v) is 3.48. The molecule has 2 unspecified atom stereocenters. The van der Waals surface area contributed by atoms with E-state index in [2.05, 4.69) is 12.7 Å². The summed E-state index contributed by atoms with van der Waals surface area (Å²) in [5.74, 6) is 0. The van der Waals surface area contributed by atoms with Crippen LogP contribution in [0.1, 0.15) is 43.0 Å². The Balaban J connectivity index is -0.000000125. The van der Waals surface area contributed by atoms with E-state index in [9.17, 15) is 0 Å². The number of rotatable bonds is 3. The third-order valence-electron chi connectivity index (χ3n) is 1.76. The molecule has 0 amide bonds. The predicted octanol–water partition coefficient (Wildman–Crippen LogP) is -2.14. The molecule has 1 aliphatic heterocycles.